The molecular formula is C24H16Cl2O4. The third kappa shape index (κ3) is 3.97. The molecule has 0 unspecified atom stereocenters. The normalized spacial score (nSPS) is 13.8. The van der Waals surface area contributed by atoms with Crippen molar-refractivity contribution in [2.24, 2.45) is 0 Å². The first-order valence-corrected chi connectivity index (χ1v) is 9.93. The van der Waals surface area contributed by atoms with Crippen molar-refractivity contribution in [1.29, 1.82) is 0 Å². The van der Waals surface area contributed by atoms with E-state index in [0.717, 1.165) is 0 Å². The Morgan fingerprint density at radius 3 is 2.57 bits per heavy atom. The summed E-state index contributed by atoms with van der Waals surface area (Å²) in [6.45, 7) is 1.67. The first kappa shape index (κ1) is 20.2. The molecule has 6 heteroatoms. The molecule has 0 aliphatic carbocycles. The number of halogens is 2. The van der Waals surface area contributed by atoms with Gasteiger partial charge >= 0.3 is 0 Å². The van der Waals surface area contributed by atoms with Gasteiger partial charge in [-0.1, -0.05) is 59.6 Å². The fraction of sp³-hybridized carbons (Fsp3) is 0.0833. The number of fused-ring (bicyclic) bond motifs is 1. The predicted molar refractivity (Wildman–Crippen MR) is 117 cm³/mol. The summed E-state index contributed by atoms with van der Waals surface area (Å²) in [6.07, 6.45) is 1.58. The molecule has 0 aromatic heterocycles. The number of rotatable bonds is 5. The van der Waals surface area contributed by atoms with Crippen LogP contribution in [0.1, 0.15) is 31.8 Å². The van der Waals surface area contributed by atoms with E-state index in [-0.39, 0.29) is 23.9 Å². The smallest absolute Gasteiger partial charge is 0.231 e. The Morgan fingerprint density at radius 1 is 1.07 bits per heavy atom. The second-order valence-corrected chi connectivity index (χ2v) is 7.59. The number of ketones is 2. The summed E-state index contributed by atoms with van der Waals surface area (Å²) >= 11 is 12.1. The van der Waals surface area contributed by atoms with Crippen molar-refractivity contribution in [3.8, 4) is 11.5 Å². The van der Waals surface area contributed by atoms with Crippen LogP contribution in [0, 0.1) is 6.92 Å². The quantitative estimate of drug-likeness (QED) is 0.352. The Kier molecular flexibility index (Phi) is 5.62. The number of carbonyl (C=O) groups is 2. The minimum Gasteiger partial charge on any atom is -0.485 e. The van der Waals surface area contributed by atoms with Gasteiger partial charge in [0, 0.05) is 21.2 Å². The van der Waals surface area contributed by atoms with Crippen molar-refractivity contribution in [2.75, 3.05) is 6.61 Å². The number of carbonyl (C=O) groups excluding carboxylic acids is 2. The number of allylic oxidation sites excluding steroid dienone is 1. The molecule has 0 amide bonds. The van der Waals surface area contributed by atoms with Crippen LogP contribution in [0.5, 0.6) is 11.5 Å². The standard InChI is InChI=1S/C24H16Cl2O4/c1-14-21(29-13-20(27)15-5-3-2-4-6-15)10-9-18-23(28)22(30-24(14)18)11-16-7-8-17(25)12-19(16)26/h2-12H,13H2,1H3/b22-11-. The first-order chi connectivity index (χ1) is 14.4. The van der Waals surface area contributed by atoms with Crippen LogP contribution in [-0.2, 0) is 0 Å². The molecule has 0 saturated carbocycles. The summed E-state index contributed by atoms with van der Waals surface area (Å²) in [5.41, 5.74) is 2.28. The maximum absolute atomic E-state index is 12.7. The van der Waals surface area contributed by atoms with E-state index in [1.54, 1.807) is 67.6 Å². The van der Waals surface area contributed by atoms with Crippen LogP contribution in [0.3, 0.4) is 0 Å². The van der Waals surface area contributed by atoms with Crippen molar-refractivity contribution in [2.45, 2.75) is 6.92 Å². The lowest BCUT2D eigenvalue weighted by Gasteiger charge is -2.11. The highest BCUT2D eigenvalue weighted by atomic mass is 35.5. The first-order valence-electron chi connectivity index (χ1n) is 9.18. The highest BCUT2D eigenvalue weighted by Gasteiger charge is 2.30. The third-order valence-corrected chi connectivity index (χ3v) is 5.30. The molecule has 0 radical (unpaired) electrons. The van der Waals surface area contributed by atoms with E-state index in [2.05, 4.69) is 0 Å². The van der Waals surface area contributed by atoms with Crippen molar-refractivity contribution in [3.63, 3.8) is 0 Å². The molecule has 4 nitrogen and oxygen atoms in total. The molecule has 30 heavy (non-hydrogen) atoms. The molecule has 0 bridgehead atoms. The van der Waals surface area contributed by atoms with Crippen LogP contribution in [0.4, 0.5) is 0 Å². The summed E-state index contributed by atoms with van der Waals surface area (Å²) in [7, 11) is 0. The second-order valence-electron chi connectivity index (χ2n) is 6.75. The molecule has 0 atom stereocenters. The van der Waals surface area contributed by atoms with Gasteiger partial charge in [-0.3, -0.25) is 9.59 Å². The molecule has 150 valence electrons. The van der Waals surface area contributed by atoms with Gasteiger partial charge < -0.3 is 9.47 Å². The molecule has 1 aliphatic heterocycles. The Hall–Kier alpha value is -3.08. The van der Waals surface area contributed by atoms with Crippen molar-refractivity contribution < 1.29 is 19.1 Å². The van der Waals surface area contributed by atoms with Crippen LogP contribution in [0.25, 0.3) is 6.08 Å². The summed E-state index contributed by atoms with van der Waals surface area (Å²) < 4.78 is 11.5. The molecule has 4 rings (SSSR count). The van der Waals surface area contributed by atoms with Gasteiger partial charge in [0.2, 0.25) is 5.78 Å². The van der Waals surface area contributed by atoms with Crippen LogP contribution < -0.4 is 9.47 Å². The maximum atomic E-state index is 12.7. The fourth-order valence-electron chi connectivity index (χ4n) is 3.13. The third-order valence-electron chi connectivity index (χ3n) is 4.74. The van der Waals surface area contributed by atoms with E-state index in [0.29, 0.717) is 43.8 Å². The number of benzene rings is 3. The highest BCUT2D eigenvalue weighted by Crippen LogP contribution is 2.39. The van der Waals surface area contributed by atoms with E-state index >= 15 is 0 Å². The van der Waals surface area contributed by atoms with Crippen molar-refractivity contribution >= 4 is 40.8 Å². The van der Waals surface area contributed by atoms with Crippen LogP contribution >= 0.6 is 23.2 Å². The van der Waals surface area contributed by atoms with Crippen LogP contribution in [0.15, 0.2) is 66.4 Å². The molecular weight excluding hydrogens is 423 g/mol. The lowest BCUT2D eigenvalue weighted by atomic mass is 10.1. The van der Waals surface area contributed by atoms with E-state index in [1.807, 2.05) is 6.07 Å². The van der Waals surface area contributed by atoms with E-state index in [9.17, 15) is 9.59 Å². The molecule has 0 spiro atoms. The Morgan fingerprint density at radius 2 is 1.83 bits per heavy atom. The summed E-state index contributed by atoms with van der Waals surface area (Å²) in [6, 6.07) is 17.2. The SMILES string of the molecule is Cc1c(OCC(=O)c2ccccc2)ccc2c1O/C(=C\c1ccc(Cl)cc1Cl)C2=O. The average molecular weight is 439 g/mol. The molecule has 0 saturated heterocycles. The van der Waals surface area contributed by atoms with E-state index in [4.69, 9.17) is 32.7 Å². The molecule has 3 aromatic carbocycles. The zero-order chi connectivity index (χ0) is 21.3. The Balaban J connectivity index is 1.55. The minimum atomic E-state index is -0.244. The average Bonchev–Trinajstić information content (AvgIpc) is 3.06. The van der Waals surface area contributed by atoms with E-state index < -0.39 is 0 Å². The number of hydrogen-bond donors (Lipinski definition) is 0. The van der Waals surface area contributed by atoms with Gasteiger partial charge in [-0.2, -0.15) is 0 Å². The van der Waals surface area contributed by atoms with Crippen molar-refractivity contribution in [3.05, 3.63) is 98.7 Å². The van der Waals surface area contributed by atoms with Crippen LogP contribution in [-0.4, -0.2) is 18.2 Å². The molecule has 3 aromatic rings. The van der Waals surface area contributed by atoms with Gasteiger partial charge in [0.25, 0.3) is 0 Å². The summed E-state index contributed by atoms with van der Waals surface area (Å²) in [5.74, 6) is 0.684. The molecule has 1 heterocycles. The predicted octanol–water partition coefficient (Wildman–Crippen LogP) is 6.18. The topological polar surface area (TPSA) is 52.6 Å². The zero-order valence-corrected chi connectivity index (χ0v) is 17.5. The monoisotopic (exact) mass is 438 g/mol. The Labute approximate surface area is 183 Å². The Bertz CT molecular complexity index is 1180. The van der Waals surface area contributed by atoms with E-state index in [1.165, 1.54) is 0 Å². The van der Waals surface area contributed by atoms with Crippen LogP contribution in [0.2, 0.25) is 10.0 Å². The number of ether oxygens (including phenoxy) is 2. The van der Waals surface area contributed by atoms with Gasteiger partial charge in [-0.05, 0) is 42.8 Å². The lowest BCUT2D eigenvalue weighted by molar-refractivity contribution is 0.0920. The zero-order valence-electron chi connectivity index (χ0n) is 15.9. The second kappa shape index (κ2) is 8.34. The van der Waals surface area contributed by atoms with Gasteiger partial charge in [-0.25, -0.2) is 0 Å². The van der Waals surface area contributed by atoms with Gasteiger partial charge in [0.05, 0.1) is 5.56 Å². The maximum Gasteiger partial charge on any atom is 0.231 e. The minimum absolute atomic E-state index is 0.110. The summed E-state index contributed by atoms with van der Waals surface area (Å²) in [5, 5.41) is 0.925. The molecule has 0 fully saturated rings. The van der Waals surface area contributed by atoms with Gasteiger partial charge in [0.1, 0.15) is 11.5 Å². The molecule has 0 N–H and O–H groups in total. The largest absolute Gasteiger partial charge is 0.485 e. The number of hydrogen-bond acceptors (Lipinski definition) is 4. The van der Waals surface area contributed by atoms with Gasteiger partial charge in [0.15, 0.2) is 18.1 Å². The van der Waals surface area contributed by atoms with Gasteiger partial charge in [-0.15, -0.1) is 0 Å². The highest BCUT2D eigenvalue weighted by molar-refractivity contribution is 6.35. The summed E-state index contributed by atoms with van der Waals surface area (Å²) in [4.78, 5) is 25.0. The van der Waals surface area contributed by atoms with Crippen molar-refractivity contribution in [1.82, 2.24) is 0 Å². The molecule has 1 aliphatic rings. The number of Topliss-reactive ketones (excluding diaryl/α,β-unsaturated/α-hetero) is 2. The fourth-order valence-corrected chi connectivity index (χ4v) is 3.60. The lowest BCUT2D eigenvalue weighted by Crippen LogP contribution is -2.12.